The van der Waals surface area contributed by atoms with Crippen molar-refractivity contribution in [2.24, 2.45) is 0 Å². The van der Waals surface area contributed by atoms with Gasteiger partial charge >= 0.3 is 0 Å². The van der Waals surface area contributed by atoms with Gasteiger partial charge in [0.1, 0.15) is 0 Å². The van der Waals surface area contributed by atoms with Gasteiger partial charge in [0.2, 0.25) is 0 Å². The highest BCUT2D eigenvalue weighted by molar-refractivity contribution is 7.14. The van der Waals surface area contributed by atoms with Crippen LogP contribution in [0.3, 0.4) is 0 Å². The normalized spacial score (nSPS) is 10.6. The molecule has 4 rings (SSSR count). The summed E-state index contributed by atoms with van der Waals surface area (Å²) in [7, 11) is 0. The number of carbonyl (C=O) groups excluding carboxylic acids is 1. The molecule has 4 aromatic rings. The first-order valence-electron chi connectivity index (χ1n) is 9.04. The summed E-state index contributed by atoms with van der Waals surface area (Å²) in [6.45, 7) is 1.93. The standard InChI is InChI=1S/C23H18ClN3OS/c1-15-6-2-3-7-18(15)22(28)25-17-12-10-16(11-13-17)21-14-29-23(27-21)26-20-9-5-4-8-19(20)24/h2-14H,1H3,(H,25,28)(H,26,27). The number of nitrogens with one attached hydrogen (secondary N) is 2. The van der Waals surface area contributed by atoms with Crippen molar-refractivity contribution < 1.29 is 4.79 Å². The van der Waals surface area contributed by atoms with Gasteiger partial charge in [-0.2, -0.15) is 0 Å². The number of aromatic nitrogens is 1. The Hall–Kier alpha value is -3.15. The number of thiazole rings is 1. The third-order valence-corrected chi connectivity index (χ3v) is 5.54. The van der Waals surface area contributed by atoms with E-state index in [0.29, 0.717) is 10.6 Å². The number of amides is 1. The molecule has 29 heavy (non-hydrogen) atoms. The third-order valence-electron chi connectivity index (χ3n) is 4.45. The van der Waals surface area contributed by atoms with E-state index in [1.54, 1.807) is 0 Å². The molecule has 1 aromatic heterocycles. The van der Waals surface area contributed by atoms with Crippen LogP contribution in [0.1, 0.15) is 15.9 Å². The predicted molar refractivity (Wildman–Crippen MR) is 121 cm³/mol. The van der Waals surface area contributed by atoms with E-state index in [0.717, 1.165) is 33.3 Å². The van der Waals surface area contributed by atoms with Crippen LogP contribution in [0.25, 0.3) is 11.3 Å². The minimum atomic E-state index is -0.115. The zero-order valence-electron chi connectivity index (χ0n) is 15.6. The van der Waals surface area contributed by atoms with Crippen LogP contribution in [0, 0.1) is 6.92 Å². The van der Waals surface area contributed by atoms with Crippen LogP contribution in [0.15, 0.2) is 78.2 Å². The van der Waals surface area contributed by atoms with E-state index in [1.165, 1.54) is 11.3 Å². The summed E-state index contributed by atoms with van der Waals surface area (Å²) >= 11 is 7.70. The Morgan fingerprint density at radius 3 is 2.45 bits per heavy atom. The molecule has 0 aliphatic carbocycles. The average molecular weight is 420 g/mol. The largest absolute Gasteiger partial charge is 0.330 e. The Balaban J connectivity index is 1.46. The smallest absolute Gasteiger partial charge is 0.255 e. The molecule has 0 unspecified atom stereocenters. The van der Waals surface area contributed by atoms with Crippen molar-refractivity contribution in [3.05, 3.63) is 94.3 Å². The van der Waals surface area contributed by atoms with E-state index < -0.39 is 0 Å². The van der Waals surface area contributed by atoms with Crippen LogP contribution in [-0.2, 0) is 0 Å². The van der Waals surface area contributed by atoms with Gasteiger partial charge < -0.3 is 10.6 Å². The molecule has 0 fully saturated rings. The van der Waals surface area contributed by atoms with Gasteiger partial charge in [-0.25, -0.2) is 4.98 Å². The van der Waals surface area contributed by atoms with Crippen LogP contribution >= 0.6 is 22.9 Å². The van der Waals surface area contributed by atoms with Crippen LogP contribution in [0.2, 0.25) is 5.02 Å². The Kier molecular flexibility index (Phi) is 5.60. The molecular formula is C23H18ClN3OS. The molecular weight excluding hydrogens is 402 g/mol. The number of halogens is 1. The SMILES string of the molecule is Cc1ccccc1C(=O)Nc1ccc(-c2csc(Nc3ccccc3Cl)n2)cc1. The fourth-order valence-electron chi connectivity index (χ4n) is 2.89. The molecule has 0 atom stereocenters. The third kappa shape index (κ3) is 4.47. The number of carbonyl (C=O) groups is 1. The lowest BCUT2D eigenvalue weighted by Crippen LogP contribution is -2.13. The quantitative estimate of drug-likeness (QED) is 0.375. The Labute approximate surface area is 178 Å². The van der Waals surface area contributed by atoms with E-state index >= 15 is 0 Å². The maximum atomic E-state index is 12.5. The molecule has 0 spiro atoms. The van der Waals surface area contributed by atoms with E-state index in [1.807, 2.05) is 85.1 Å². The van der Waals surface area contributed by atoms with Gasteiger partial charge in [0.05, 0.1) is 16.4 Å². The molecule has 0 saturated heterocycles. The molecule has 0 saturated carbocycles. The predicted octanol–water partition coefficient (Wildman–Crippen LogP) is 6.77. The number of para-hydroxylation sites is 1. The van der Waals surface area contributed by atoms with E-state index in [2.05, 4.69) is 15.6 Å². The summed E-state index contributed by atoms with van der Waals surface area (Å²) in [6, 6.07) is 22.7. The van der Waals surface area contributed by atoms with Crippen molar-refractivity contribution >= 4 is 45.4 Å². The molecule has 144 valence electrons. The Bertz CT molecular complexity index is 1150. The minimum absolute atomic E-state index is 0.115. The second-order valence-corrected chi connectivity index (χ2v) is 7.75. The number of benzene rings is 3. The van der Waals surface area contributed by atoms with Crippen molar-refractivity contribution in [1.82, 2.24) is 4.98 Å². The van der Waals surface area contributed by atoms with Crippen LogP contribution in [-0.4, -0.2) is 10.9 Å². The van der Waals surface area contributed by atoms with Gasteiger partial charge in [-0.3, -0.25) is 4.79 Å². The topological polar surface area (TPSA) is 54.0 Å². The molecule has 6 heteroatoms. The zero-order valence-corrected chi connectivity index (χ0v) is 17.2. The van der Waals surface area contributed by atoms with Crippen molar-refractivity contribution in [2.45, 2.75) is 6.92 Å². The number of anilines is 3. The first-order valence-corrected chi connectivity index (χ1v) is 10.3. The van der Waals surface area contributed by atoms with Gasteiger partial charge in [0, 0.05) is 22.2 Å². The van der Waals surface area contributed by atoms with Gasteiger partial charge in [-0.05, 0) is 42.8 Å². The first-order chi connectivity index (χ1) is 14.1. The summed E-state index contributed by atoms with van der Waals surface area (Å²) in [6.07, 6.45) is 0. The highest BCUT2D eigenvalue weighted by atomic mass is 35.5. The monoisotopic (exact) mass is 419 g/mol. The summed E-state index contributed by atoms with van der Waals surface area (Å²) in [5.41, 5.74) is 5.02. The minimum Gasteiger partial charge on any atom is -0.330 e. The van der Waals surface area contributed by atoms with Crippen molar-refractivity contribution in [1.29, 1.82) is 0 Å². The molecule has 0 aliphatic heterocycles. The lowest BCUT2D eigenvalue weighted by Gasteiger charge is -2.08. The summed E-state index contributed by atoms with van der Waals surface area (Å²) in [5, 5.41) is 9.59. The fourth-order valence-corrected chi connectivity index (χ4v) is 3.81. The van der Waals surface area contributed by atoms with E-state index in [4.69, 9.17) is 11.6 Å². The summed E-state index contributed by atoms with van der Waals surface area (Å²) in [5.74, 6) is -0.115. The molecule has 3 aromatic carbocycles. The van der Waals surface area contributed by atoms with Crippen molar-refractivity contribution in [3.63, 3.8) is 0 Å². The number of rotatable bonds is 5. The lowest BCUT2D eigenvalue weighted by atomic mass is 10.1. The molecule has 0 bridgehead atoms. The molecule has 0 aliphatic rings. The number of nitrogens with zero attached hydrogens (tertiary/aromatic N) is 1. The van der Waals surface area contributed by atoms with Crippen LogP contribution in [0.4, 0.5) is 16.5 Å². The molecule has 1 heterocycles. The zero-order chi connectivity index (χ0) is 20.2. The van der Waals surface area contributed by atoms with Gasteiger partial charge in [0.15, 0.2) is 5.13 Å². The Morgan fingerprint density at radius 2 is 1.69 bits per heavy atom. The molecule has 0 radical (unpaired) electrons. The molecule has 2 N–H and O–H groups in total. The average Bonchev–Trinajstić information content (AvgIpc) is 3.19. The number of aryl methyl sites for hydroxylation is 1. The number of hydrogen-bond donors (Lipinski definition) is 2. The maximum Gasteiger partial charge on any atom is 0.255 e. The van der Waals surface area contributed by atoms with Crippen LogP contribution < -0.4 is 10.6 Å². The highest BCUT2D eigenvalue weighted by Gasteiger charge is 2.10. The van der Waals surface area contributed by atoms with Crippen molar-refractivity contribution in [2.75, 3.05) is 10.6 Å². The van der Waals surface area contributed by atoms with Crippen molar-refractivity contribution in [3.8, 4) is 11.3 Å². The van der Waals surface area contributed by atoms with Gasteiger partial charge in [-0.15, -0.1) is 11.3 Å². The van der Waals surface area contributed by atoms with E-state index in [-0.39, 0.29) is 5.91 Å². The first kappa shape index (κ1) is 19.2. The maximum absolute atomic E-state index is 12.5. The summed E-state index contributed by atoms with van der Waals surface area (Å²) in [4.78, 5) is 17.1. The van der Waals surface area contributed by atoms with Gasteiger partial charge in [-0.1, -0.05) is 54.1 Å². The Morgan fingerprint density at radius 1 is 0.966 bits per heavy atom. The van der Waals surface area contributed by atoms with E-state index in [9.17, 15) is 4.79 Å². The molecule has 1 amide bonds. The second-order valence-electron chi connectivity index (χ2n) is 6.49. The van der Waals surface area contributed by atoms with Crippen LogP contribution in [0.5, 0.6) is 0 Å². The fraction of sp³-hybridized carbons (Fsp3) is 0.0435. The van der Waals surface area contributed by atoms with Gasteiger partial charge in [0.25, 0.3) is 5.91 Å². The lowest BCUT2D eigenvalue weighted by molar-refractivity contribution is 0.102. The molecule has 4 nitrogen and oxygen atoms in total. The second kappa shape index (κ2) is 8.47. The summed E-state index contributed by atoms with van der Waals surface area (Å²) < 4.78 is 0. The highest BCUT2D eigenvalue weighted by Crippen LogP contribution is 2.30. The number of hydrogen-bond acceptors (Lipinski definition) is 4.